The number of morpholine rings is 1. The smallest absolute Gasteiger partial charge is 0.244 e. The average molecular weight is 266 g/mol. The molecular formula is C12H22N6O. The van der Waals surface area contributed by atoms with E-state index in [0.29, 0.717) is 12.0 Å². The molecule has 1 aromatic heterocycles. The molecule has 1 saturated heterocycles. The van der Waals surface area contributed by atoms with Crippen LogP contribution in [0.1, 0.15) is 13.8 Å². The van der Waals surface area contributed by atoms with Crippen molar-refractivity contribution in [1.29, 1.82) is 0 Å². The average Bonchev–Trinajstić information content (AvgIpc) is 2.40. The summed E-state index contributed by atoms with van der Waals surface area (Å²) < 4.78 is 5.32. The molecule has 0 radical (unpaired) electrons. The summed E-state index contributed by atoms with van der Waals surface area (Å²) in [6, 6.07) is 0.297. The number of anilines is 2. The molecule has 106 valence electrons. The summed E-state index contributed by atoms with van der Waals surface area (Å²) in [5.41, 5.74) is 0. The lowest BCUT2D eigenvalue weighted by Gasteiger charge is -2.26. The Hall–Kier alpha value is -1.47. The monoisotopic (exact) mass is 266 g/mol. The number of ether oxygens (including phenoxy) is 1. The van der Waals surface area contributed by atoms with Crippen molar-refractivity contribution < 1.29 is 4.74 Å². The van der Waals surface area contributed by atoms with Gasteiger partial charge in [0, 0.05) is 32.2 Å². The first kappa shape index (κ1) is 14.0. The Bertz CT molecular complexity index is 380. The van der Waals surface area contributed by atoms with Crippen LogP contribution < -0.4 is 10.6 Å². The van der Waals surface area contributed by atoms with Crippen LogP contribution in [-0.2, 0) is 4.74 Å². The standard InChI is InChI=1S/C12H22N6O/c1-10(2)15-12-16-11(9-14-17-12)13-3-4-18-5-7-19-8-6-18/h9-10H,3-8H2,1-2H3,(H2,13,15,16,17). The molecule has 0 aromatic carbocycles. The molecule has 0 unspecified atom stereocenters. The maximum Gasteiger partial charge on any atom is 0.244 e. The predicted octanol–water partition coefficient (Wildman–Crippen LogP) is 0.436. The molecule has 2 heterocycles. The Morgan fingerprint density at radius 1 is 1.37 bits per heavy atom. The Labute approximate surface area is 113 Å². The quantitative estimate of drug-likeness (QED) is 0.773. The minimum atomic E-state index is 0.297. The molecular weight excluding hydrogens is 244 g/mol. The Kier molecular flexibility index (Phi) is 5.29. The second-order valence-electron chi connectivity index (χ2n) is 4.85. The molecule has 2 N–H and O–H groups in total. The van der Waals surface area contributed by atoms with Crippen LogP contribution in [0.25, 0.3) is 0 Å². The van der Waals surface area contributed by atoms with Crippen molar-refractivity contribution in [3.63, 3.8) is 0 Å². The number of nitrogens with zero attached hydrogens (tertiary/aromatic N) is 4. The zero-order chi connectivity index (χ0) is 13.5. The molecule has 1 aromatic rings. The fourth-order valence-corrected chi connectivity index (χ4v) is 1.87. The second-order valence-corrected chi connectivity index (χ2v) is 4.85. The fourth-order valence-electron chi connectivity index (χ4n) is 1.87. The summed E-state index contributed by atoms with van der Waals surface area (Å²) in [4.78, 5) is 6.73. The zero-order valence-corrected chi connectivity index (χ0v) is 11.6. The Balaban J connectivity index is 1.75. The van der Waals surface area contributed by atoms with Gasteiger partial charge in [-0.1, -0.05) is 0 Å². The first-order valence-corrected chi connectivity index (χ1v) is 6.74. The van der Waals surface area contributed by atoms with Gasteiger partial charge in [0.1, 0.15) is 0 Å². The highest BCUT2D eigenvalue weighted by Gasteiger charge is 2.09. The van der Waals surface area contributed by atoms with Gasteiger partial charge in [-0.15, -0.1) is 5.10 Å². The van der Waals surface area contributed by atoms with E-state index in [1.165, 1.54) is 0 Å². The van der Waals surface area contributed by atoms with Gasteiger partial charge in [-0.3, -0.25) is 4.90 Å². The van der Waals surface area contributed by atoms with Crippen molar-refractivity contribution in [2.24, 2.45) is 0 Å². The van der Waals surface area contributed by atoms with Gasteiger partial charge in [0.15, 0.2) is 5.82 Å². The number of hydrogen-bond donors (Lipinski definition) is 2. The molecule has 1 aliphatic rings. The summed E-state index contributed by atoms with van der Waals surface area (Å²) in [5.74, 6) is 1.32. The zero-order valence-electron chi connectivity index (χ0n) is 11.6. The van der Waals surface area contributed by atoms with Gasteiger partial charge >= 0.3 is 0 Å². The summed E-state index contributed by atoms with van der Waals surface area (Å²) in [6.07, 6.45) is 1.64. The lowest BCUT2D eigenvalue weighted by Crippen LogP contribution is -2.39. The van der Waals surface area contributed by atoms with E-state index in [2.05, 4.69) is 30.7 Å². The van der Waals surface area contributed by atoms with Crippen LogP contribution in [0.4, 0.5) is 11.8 Å². The molecule has 0 saturated carbocycles. The maximum absolute atomic E-state index is 5.32. The van der Waals surface area contributed by atoms with E-state index in [1.54, 1.807) is 6.20 Å². The lowest BCUT2D eigenvalue weighted by atomic mass is 10.4. The first-order chi connectivity index (χ1) is 9.24. The molecule has 7 heteroatoms. The van der Waals surface area contributed by atoms with E-state index < -0.39 is 0 Å². The molecule has 1 aliphatic heterocycles. The van der Waals surface area contributed by atoms with E-state index in [4.69, 9.17) is 4.74 Å². The van der Waals surface area contributed by atoms with Crippen molar-refractivity contribution in [3.8, 4) is 0 Å². The molecule has 0 atom stereocenters. The van der Waals surface area contributed by atoms with Gasteiger partial charge in [0.2, 0.25) is 5.95 Å². The van der Waals surface area contributed by atoms with Gasteiger partial charge in [-0.2, -0.15) is 10.1 Å². The van der Waals surface area contributed by atoms with Crippen LogP contribution in [0.5, 0.6) is 0 Å². The number of hydrogen-bond acceptors (Lipinski definition) is 7. The van der Waals surface area contributed by atoms with E-state index >= 15 is 0 Å². The van der Waals surface area contributed by atoms with Crippen molar-refractivity contribution in [2.45, 2.75) is 19.9 Å². The normalized spacial score (nSPS) is 16.6. The van der Waals surface area contributed by atoms with Crippen LogP contribution in [-0.4, -0.2) is 65.5 Å². The molecule has 1 fully saturated rings. The van der Waals surface area contributed by atoms with E-state index in [1.807, 2.05) is 13.8 Å². The van der Waals surface area contributed by atoms with Gasteiger partial charge < -0.3 is 15.4 Å². The van der Waals surface area contributed by atoms with E-state index in [9.17, 15) is 0 Å². The molecule has 7 nitrogen and oxygen atoms in total. The SMILES string of the molecule is CC(C)Nc1nncc(NCCN2CCOCC2)n1. The van der Waals surface area contributed by atoms with E-state index in [0.717, 1.165) is 45.2 Å². The van der Waals surface area contributed by atoms with Crippen molar-refractivity contribution in [3.05, 3.63) is 6.20 Å². The summed E-state index contributed by atoms with van der Waals surface area (Å²) in [5, 5.41) is 14.3. The lowest BCUT2D eigenvalue weighted by molar-refractivity contribution is 0.0398. The molecule has 2 rings (SSSR count). The third-order valence-corrected chi connectivity index (χ3v) is 2.81. The van der Waals surface area contributed by atoms with Crippen molar-refractivity contribution in [2.75, 3.05) is 50.0 Å². The third-order valence-electron chi connectivity index (χ3n) is 2.81. The third kappa shape index (κ3) is 4.96. The molecule has 0 amide bonds. The second kappa shape index (κ2) is 7.20. The predicted molar refractivity (Wildman–Crippen MR) is 74.3 cm³/mol. The number of aromatic nitrogens is 3. The Morgan fingerprint density at radius 2 is 2.16 bits per heavy atom. The number of nitrogens with one attached hydrogen (secondary N) is 2. The highest BCUT2D eigenvalue weighted by Crippen LogP contribution is 2.04. The van der Waals surface area contributed by atoms with Crippen LogP contribution in [0.15, 0.2) is 6.20 Å². The van der Waals surface area contributed by atoms with Crippen LogP contribution >= 0.6 is 0 Å². The van der Waals surface area contributed by atoms with E-state index in [-0.39, 0.29) is 0 Å². The minimum absolute atomic E-state index is 0.297. The van der Waals surface area contributed by atoms with Crippen LogP contribution in [0.3, 0.4) is 0 Å². The largest absolute Gasteiger partial charge is 0.379 e. The minimum Gasteiger partial charge on any atom is -0.379 e. The molecule has 0 bridgehead atoms. The van der Waals surface area contributed by atoms with Crippen molar-refractivity contribution in [1.82, 2.24) is 20.1 Å². The highest BCUT2D eigenvalue weighted by atomic mass is 16.5. The highest BCUT2D eigenvalue weighted by molar-refractivity contribution is 5.37. The topological polar surface area (TPSA) is 75.2 Å². The van der Waals surface area contributed by atoms with Crippen LogP contribution in [0, 0.1) is 0 Å². The summed E-state index contributed by atoms with van der Waals surface area (Å²) in [6.45, 7) is 9.59. The van der Waals surface area contributed by atoms with Gasteiger partial charge in [0.05, 0.1) is 19.4 Å². The first-order valence-electron chi connectivity index (χ1n) is 6.74. The van der Waals surface area contributed by atoms with Gasteiger partial charge in [0.25, 0.3) is 0 Å². The number of rotatable bonds is 6. The molecule has 19 heavy (non-hydrogen) atoms. The summed E-state index contributed by atoms with van der Waals surface area (Å²) >= 11 is 0. The Morgan fingerprint density at radius 3 is 2.89 bits per heavy atom. The van der Waals surface area contributed by atoms with Gasteiger partial charge in [-0.05, 0) is 13.8 Å². The fraction of sp³-hybridized carbons (Fsp3) is 0.750. The van der Waals surface area contributed by atoms with Crippen LogP contribution in [0.2, 0.25) is 0 Å². The van der Waals surface area contributed by atoms with Crippen molar-refractivity contribution >= 4 is 11.8 Å². The summed E-state index contributed by atoms with van der Waals surface area (Å²) in [7, 11) is 0. The molecule has 0 spiro atoms. The molecule has 0 aliphatic carbocycles. The maximum atomic E-state index is 5.32. The van der Waals surface area contributed by atoms with Gasteiger partial charge in [-0.25, -0.2) is 0 Å².